The van der Waals surface area contributed by atoms with E-state index in [1.165, 1.54) is 6.07 Å². The smallest absolute Gasteiger partial charge is 0.254 e. The molecule has 0 unspecified atom stereocenters. The molecular formula is C22H27FN4O3. The molecule has 2 amide bonds. The van der Waals surface area contributed by atoms with Gasteiger partial charge in [-0.3, -0.25) is 14.4 Å². The second-order valence-corrected chi connectivity index (χ2v) is 7.68. The van der Waals surface area contributed by atoms with Crippen molar-refractivity contribution in [3.05, 3.63) is 63.1 Å². The molecule has 8 heteroatoms. The first-order valence-corrected chi connectivity index (χ1v) is 10.2. The normalized spacial score (nSPS) is 14.6. The van der Waals surface area contributed by atoms with Crippen LogP contribution in [0, 0.1) is 25.6 Å². The van der Waals surface area contributed by atoms with E-state index in [0.717, 1.165) is 0 Å². The minimum absolute atomic E-state index is 0.00789. The highest BCUT2D eigenvalue weighted by molar-refractivity contribution is 5.81. The molecule has 2 N–H and O–H groups in total. The van der Waals surface area contributed by atoms with Gasteiger partial charge in [0, 0.05) is 36.8 Å². The molecule has 0 radical (unpaired) electrons. The number of nitrogens with one attached hydrogen (secondary N) is 2. The van der Waals surface area contributed by atoms with Crippen molar-refractivity contribution < 1.29 is 14.0 Å². The van der Waals surface area contributed by atoms with Crippen LogP contribution >= 0.6 is 0 Å². The van der Waals surface area contributed by atoms with Crippen LogP contribution in [0.15, 0.2) is 29.1 Å². The monoisotopic (exact) mass is 414 g/mol. The third-order valence-corrected chi connectivity index (χ3v) is 5.54. The number of aryl methyl sites for hydroxylation is 2. The molecule has 2 aromatic rings. The van der Waals surface area contributed by atoms with Gasteiger partial charge in [0.05, 0.1) is 6.42 Å². The maximum Gasteiger partial charge on any atom is 0.254 e. The predicted molar refractivity (Wildman–Crippen MR) is 110 cm³/mol. The molecule has 1 aromatic heterocycles. The van der Waals surface area contributed by atoms with Crippen molar-refractivity contribution in [3.63, 3.8) is 0 Å². The number of aromatic nitrogens is 2. The molecule has 1 aromatic carbocycles. The molecular weight excluding hydrogens is 387 g/mol. The summed E-state index contributed by atoms with van der Waals surface area (Å²) in [6, 6.07) is 6.53. The van der Waals surface area contributed by atoms with Crippen LogP contribution < -0.4 is 10.9 Å². The summed E-state index contributed by atoms with van der Waals surface area (Å²) in [5.41, 5.74) is 1.25. The Morgan fingerprint density at radius 1 is 1.23 bits per heavy atom. The van der Waals surface area contributed by atoms with Gasteiger partial charge in [-0.1, -0.05) is 18.2 Å². The van der Waals surface area contributed by atoms with Crippen LogP contribution in [0.4, 0.5) is 4.39 Å². The van der Waals surface area contributed by atoms with Crippen molar-refractivity contribution in [2.24, 2.45) is 5.92 Å². The van der Waals surface area contributed by atoms with Gasteiger partial charge in [-0.25, -0.2) is 9.37 Å². The van der Waals surface area contributed by atoms with Crippen LogP contribution in [-0.2, 0) is 22.4 Å². The Bertz CT molecular complexity index is 981. The zero-order chi connectivity index (χ0) is 21.7. The van der Waals surface area contributed by atoms with Crippen molar-refractivity contribution >= 4 is 11.8 Å². The number of halogens is 1. The lowest BCUT2D eigenvalue weighted by atomic mass is 9.95. The maximum absolute atomic E-state index is 13.6. The Morgan fingerprint density at radius 2 is 1.93 bits per heavy atom. The SMILES string of the molecule is Cc1nc(C)c(CC(=O)N2CCC(C(=O)NCCc3ccccc3F)CC2)c(=O)[nH]1. The molecule has 160 valence electrons. The molecule has 30 heavy (non-hydrogen) atoms. The van der Waals surface area contributed by atoms with E-state index in [4.69, 9.17) is 0 Å². The van der Waals surface area contributed by atoms with Crippen LogP contribution in [0.1, 0.15) is 35.5 Å². The lowest BCUT2D eigenvalue weighted by molar-refractivity contribution is -0.135. The number of rotatable bonds is 6. The van der Waals surface area contributed by atoms with E-state index in [0.29, 0.717) is 61.5 Å². The van der Waals surface area contributed by atoms with Crippen LogP contribution in [0.2, 0.25) is 0 Å². The van der Waals surface area contributed by atoms with E-state index in [1.54, 1.807) is 36.9 Å². The summed E-state index contributed by atoms with van der Waals surface area (Å²) in [6.07, 6.45) is 1.58. The molecule has 1 saturated heterocycles. The average molecular weight is 414 g/mol. The molecule has 1 aliphatic rings. The molecule has 3 rings (SSSR count). The Morgan fingerprint density at radius 3 is 2.60 bits per heavy atom. The molecule has 1 aliphatic heterocycles. The largest absolute Gasteiger partial charge is 0.356 e. The van der Waals surface area contributed by atoms with Crippen molar-refractivity contribution in [1.29, 1.82) is 0 Å². The molecule has 0 aliphatic carbocycles. The first-order chi connectivity index (χ1) is 14.3. The quantitative estimate of drug-likeness (QED) is 0.752. The number of likely N-dealkylation sites (tertiary alicyclic amines) is 1. The number of hydrogen-bond acceptors (Lipinski definition) is 4. The van der Waals surface area contributed by atoms with Gasteiger partial charge >= 0.3 is 0 Å². The standard InChI is InChI=1S/C22H27FN4O3/c1-14-18(22(30)26-15(2)25-14)13-20(28)27-11-8-17(9-12-27)21(29)24-10-7-16-5-3-4-6-19(16)23/h3-6,17H,7-13H2,1-2H3,(H,24,29)(H,25,26,30). The Hall–Kier alpha value is -3.03. The van der Waals surface area contributed by atoms with Crippen molar-refractivity contribution in [1.82, 2.24) is 20.2 Å². The first-order valence-electron chi connectivity index (χ1n) is 10.2. The zero-order valence-electron chi connectivity index (χ0n) is 17.3. The van der Waals surface area contributed by atoms with Gasteiger partial charge in [0.25, 0.3) is 5.56 Å². The van der Waals surface area contributed by atoms with Crippen LogP contribution in [-0.4, -0.2) is 46.3 Å². The van der Waals surface area contributed by atoms with E-state index < -0.39 is 0 Å². The van der Waals surface area contributed by atoms with Crippen molar-refractivity contribution in [2.75, 3.05) is 19.6 Å². The average Bonchev–Trinajstić information content (AvgIpc) is 2.72. The third-order valence-electron chi connectivity index (χ3n) is 5.54. The number of nitrogens with zero attached hydrogens (tertiary/aromatic N) is 2. The summed E-state index contributed by atoms with van der Waals surface area (Å²) < 4.78 is 13.6. The van der Waals surface area contributed by atoms with Crippen molar-refractivity contribution in [2.45, 2.75) is 39.5 Å². The number of carbonyl (C=O) groups excluding carboxylic acids is 2. The second-order valence-electron chi connectivity index (χ2n) is 7.68. The number of hydrogen-bond donors (Lipinski definition) is 2. The second kappa shape index (κ2) is 9.65. The fraction of sp³-hybridized carbons (Fsp3) is 0.455. The molecule has 1 fully saturated rings. The number of amides is 2. The lowest BCUT2D eigenvalue weighted by Crippen LogP contribution is -2.44. The van der Waals surface area contributed by atoms with E-state index in [1.807, 2.05) is 0 Å². The van der Waals surface area contributed by atoms with Gasteiger partial charge in [-0.2, -0.15) is 0 Å². The molecule has 0 bridgehead atoms. The highest BCUT2D eigenvalue weighted by Crippen LogP contribution is 2.18. The first kappa shape index (κ1) is 21.7. The molecule has 2 heterocycles. The topological polar surface area (TPSA) is 95.2 Å². The van der Waals surface area contributed by atoms with Gasteiger partial charge in [0.2, 0.25) is 11.8 Å². The predicted octanol–water partition coefficient (Wildman–Crippen LogP) is 1.67. The summed E-state index contributed by atoms with van der Waals surface area (Å²) in [6.45, 7) is 4.75. The minimum atomic E-state index is -0.280. The van der Waals surface area contributed by atoms with Gasteiger partial charge in [-0.05, 0) is 44.7 Å². The number of aromatic amines is 1. The summed E-state index contributed by atoms with van der Waals surface area (Å²) in [5, 5.41) is 2.87. The zero-order valence-corrected chi connectivity index (χ0v) is 17.3. The van der Waals surface area contributed by atoms with Gasteiger partial charge < -0.3 is 15.2 Å². The van der Waals surface area contributed by atoms with Crippen LogP contribution in [0.3, 0.4) is 0 Å². The fourth-order valence-electron chi connectivity index (χ4n) is 3.78. The van der Waals surface area contributed by atoms with E-state index in [-0.39, 0.29) is 35.5 Å². The van der Waals surface area contributed by atoms with Gasteiger partial charge in [0.1, 0.15) is 11.6 Å². The molecule has 0 saturated carbocycles. The highest BCUT2D eigenvalue weighted by Gasteiger charge is 2.27. The summed E-state index contributed by atoms with van der Waals surface area (Å²) >= 11 is 0. The highest BCUT2D eigenvalue weighted by atomic mass is 19.1. The number of benzene rings is 1. The summed E-state index contributed by atoms with van der Waals surface area (Å²) in [7, 11) is 0. The maximum atomic E-state index is 13.6. The number of H-pyrrole nitrogens is 1. The number of carbonyl (C=O) groups is 2. The molecule has 0 atom stereocenters. The Kier molecular flexibility index (Phi) is 6.97. The van der Waals surface area contributed by atoms with E-state index in [9.17, 15) is 18.8 Å². The third kappa shape index (κ3) is 5.31. The number of piperidine rings is 1. The minimum Gasteiger partial charge on any atom is -0.356 e. The van der Waals surface area contributed by atoms with Crippen LogP contribution in [0.5, 0.6) is 0 Å². The summed E-state index contributed by atoms with van der Waals surface area (Å²) in [5.74, 6) is -0.103. The van der Waals surface area contributed by atoms with E-state index in [2.05, 4.69) is 15.3 Å². The Balaban J connectivity index is 1.46. The van der Waals surface area contributed by atoms with Crippen molar-refractivity contribution in [3.8, 4) is 0 Å². The molecule has 7 nitrogen and oxygen atoms in total. The Labute approximate surface area is 174 Å². The fourth-order valence-corrected chi connectivity index (χ4v) is 3.78. The van der Waals surface area contributed by atoms with Crippen LogP contribution in [0.25, 0.3) is 0 Å². The molecule has 0 spiro atoms. The lowest BCUT2D eigenvalue weighted by Gasteiger charge is -2.31. The van der Waals surface area contributed by atoms with Gasteiger partial charge in [0.15, 0.2) is 0 Å². The van der Waals surface area contributed by atoms with E-state index >= 15 is 0 Å². The summed E-state index contributed by atoms with van der Waals surface area (Å²) in [4.78, 5) is 45.7. The van der Waals surface area contributed by atoms with Gasteiger partial charge in [-0.15, -0.1) is 0 Å².